The van der Waals surface area contributed by atoms with E-state index in [0.29, 0.717) is 0 Å². The van der Waals surface area contributed by atoms with Crippen molar-refractivity contribution in [1.29, 1.82) is 0 Å². The van der Waals surface area contributed by atoms with Crippen molar-refractivity contribution in [3.8, 4) is 0 Å². The molecule has 5 nitrogen and oxygen atoms in total. The van der Waals surface area contributed by atoms with E-state index in [1.165, 1.54) is 0 Å². The number of carboxylic acid groups (broad SMARTS) is 1. The summed E-state index contributed by atoms with van der Waals surface area (Å²) < 4.78 is 1.55. The molecule has 0 aliphatic rings. The van der Waals surface area contributed by atoms with Crippen molar-refractivity contribution in [3.63, 3.8) is 0 Å². The third kappa shape index (κ3) is 1.73. The molecule has 0 aliphatic carbocycles. The highest BCUT2D eigenvalue weighted by Gasteiger charge is 2.19. The zero-order valence-electron chi connectivity index (χ0n) is 10.1. The number of nitrogen functional groups attached to an aromatic ring is 1. The summed E-state index contributed by atoms with van der Waals surface area (Å²) in [5, 5.41) is 9.06. The standard InChI is InChI=1S/C12H15N3O2/c1-6-4-9-10(5-7(6)2)15(12(13)14-9)8(3)11(16)17/h4-5,8H,1-3H3,(H2,13,14)(H,16,17). The third-order valence-corrected chi connectivity index (χ3v) is 3.08. The van der Waals surface area contributed by atoms with Crippen molar-refractivity contribution in [2.24, 2.45) is 0 Å². The Bertz CT molecular complexity index is 601. The fraction of sp³-hybridized carbons (Fsp3) is 0.333. The average Bonchev–Trinajstić information content (AvgIpc) is 2.53. The topological polar surface area (TPSA) is 81.1 Å². The number of aliphatic carboxylic acids is 1. The predicted molar refractivity (Wildman–Crippen MR) is 66.0 cm³/mol. The fourth-order valence-electron chi connectivity index (χ4n) is 1.89. The lowest BCUT2D eigenvalue weighted by Gasteiger charge is -2.11. The largest absolute Gasteiger partial charge is 0.480 e. The Hall–Kier alpha value is -2.04. The van der Waals surface area contributed by atoms with Gasteiger partial charge in [-0.15, -0.1) is 0 Å². The van der Waals surface area contributed by atoms with E-state index in [4.69, 9.17) is 10.8 Å². The van der Waals surface area contributed by atoms with Crippen LogP contribution in [0.3, 0.4) is 0 Å². The summed E-state index contributed by atoms with van der Waals surface area (Å²) in [4.78, 5) is 15.2. The molecule has 0 fully saturated rings. The first-order valence-electron chi connectivity index (χ1n) is 5.39. The van der Waals surface area contributed by atoms with Crippen molar-refractivity contribution in [1.82, 2.24) is 9.55 Å². The normalized spacial score (nSPS) is 12.9. The number of benzene rings is 1. The van der Waals surface area contributed by atoms with Gasteiger partial charge >= 0.3 is 5.97 Å². The van der Waals surface area contributed by atoms with Crippen LogP contribution in [0.1, 0.15) is 24.1 Å². The van der Waals surface area contributed by atoms with Crippen molar-refractivity contribution >= 4 is 23.0 Å². The van der Waals surface area contributed by atoms with Gasteiger partial charge < -0.3 is 10.8 Å². The minimum atomic E-state index is -0.922. The van der Waals surface area contributed by atoms with Gasteiger partial charge in [0.05, 0.1) is 11.0 Å². The molecule has 0 bridgehead atoms. The van der Waals surface area contributed by atoms with E-state index in [-0.39, 0.29) is 5.95 Å². The van der Waals surface area contributed by atoms with E-state index in [1.54, 1.807) is 11.5 Å². The first-order chi connectivity index (χ1) is 7.91. The maximum Gasteiger partial charge on any atom is 0.326 e. The molecule has 1 unspecified atom stereocenters. The molecule has 3 N–H and O–H groups in total. The second kappa shape index (κ2) is 3.76. The number of carboxylic acids is 1. The van der Waals surface area contributed by atoms with E-state index in [1.807, 2.05) is 26.0 Å². The van der Waals surface area contributed by atoms with Crippen LogP contribution in [0.25, 0.3) is 11.0 Å². The van der Waals surface area contributed by atoms with E-state index < -0.39 is 12.0 Å². The van der Waals surface area contributed by atoms with Crippen LogP contribution >= 0.6 is 0 Å². The van der Waals surface area contributed by atoms with Crippen molar-refractivity contribution < 1.29 is 9.90 Å². The summed E-state index contributed by atoms with van der Waals surface area (Å²) in [6, 6.07) is 3.13. The molecule has 1 aromatic heterocycles. The summed E-state index contributed by atoms with van der Waals surface area (Å²) in [6.45, 7) is 5.56. The van der Waals surface area contributed by atoms with Crippen LogP contribution in [0.15, 0.2) is 12.1 Å². The number of nitrogens with two attached hydrogens (primary N) is 1. The molecular weight excluding hydrogens is 218 g/mol. The Morgan fingerprint density at radius 1 is 1.41 bits per heavy atom. The Morgan fingerprint density at radius 3 is 2.59 bits per heavy atom. The molecule has 1 atom stereocenters. The average molecular weight is 233 g/mol. The highest BCUT2D eigenvalue weighted by molar-refractivity contribution is 5.83. The van der Waals surface area contributed by atoms with E-state index in [2.05, 4.69) is 4.98 Å². The smallest absolute Gasteiger partial charge is 0.326 e. The molecule has 0 saturated carbocycles. The van der Waals surface area contributed by atoms with Gasteiger partial charge in [-0.2, -0.15) is 0 Å². The van der Waals surface area contributed by atoms with Gasteiger partial charge in [-0.3, -0.25) is 4.57 Å². The monoisotopic (exact) mass is 233 g/mol. The number of hydrogen-bond acceptors (Lipinski definition) is 3. The lowest BCUT2D eigenvalue weighted by atomic mass is 10.1. The zero-order valence-corrected chi connectivity index (χ0v) is 10.1. The fourth-order valence-corrected chi connectivity index (χ4v) is 1.89. The number of rotatable bonds is 2. The van der Waals surface area contributed by atoms with Crippen LogP contribution in [0, 0.1) is 13.8 Å². The number of fused-ring (bicyclic) bond motifs is 1. The molecule has 2 rings (SSSR count). The maximum absolute atomic E-state index is 11.0. The Morgan fingerprint density at radius 2 is 2.00 bits per heavy atom. The number of aromatic nitrogens is 2. The summed E-state index contributed by atoms with van der Waals surface area (Å²) in [5.74, 6) is -0.686. The number of nitrogens with zero attached hydrogens (tertiary/aromatic N) is 2. The number of carbonyl (C=O) groups is 1. The summed E-state index contributed by atoms with van der Waals surface area (Å²) >= 11 is 0. The molecular formula is C12H15N3O2. The molecule has 0 aliphatic heterocycles. The number of anilines is 1. The second-order valence-corrected chi connectivity index (χ2v) is 4.28. The van der Waals surface area contributed by atoms with Crippen LogP contribution in [0.5, 0.6) is 0 Å². The van der Waals surface area contributed by atoms with Crippen LogP contribution in [-0.2, 0) is 4.79 Å². The minimum Gasteiger partial charge on any atom is -0.480 e. The molecule has 90 valence electrons. The lowest BCUT2D eigenvalue weighted by molar-refractivity contribution is -0.140. The third-order valence-electron chi connectivity index (χ3n) is 3.08. The molecule has 1 heterocycles. The van der Waals surface area contributed by atoms with Gasteiger partial charge in [-0.1, -0.05) is 0 Å². The molecule has 2 aromatic rings. The van der Waals surface area contributed by atoms with E-state index in [9.17, 15) is 4.79 Å². The van der Waals surface area contributed by atoms with Gasteiger partial charge in [0.1, 0.15) is 6.04 Å². The SMILES string of the molecule is Cc1cc2nc(N)n(C(C)C(=O)O)c2cc1C. The Balaban J connectivity index is 2.75. The van der Waals surface area contributed by atoms with E-state index in [0.717, 1.165) is 22.2 Å². The predicted octanol–water partition coefficient (Wildman–Crippen LogP) is 1.88. The van der Waals surface area contributed by atoms with Crippen molar-refractivity contribution in [2.75, 3.05) is 5.73 Å². The van der Waals surface area contributed by atoms with Crippen LogP contribution in [-0.4, -0.2) is 20.6 Å². The van der Waals surface area contributed by atoms with Crippen LogP contribution in [0.2, 0.25) is 0 Å². The molecule has 17 heavy (non-hydrogen) atoms. The number of aryl methyl sites for hydroxylation is 2. The molecule has 0 radical (unpaired) electrons. The van der Waals surface area contributed by atoms with Gasteiger partial charge in [-0.05, 0) is 44.0 Å². The Kier molecular flexibility index (Phi) is 2.53. The summed E-state index contributed by atoms with van der Waals surface area (Å²) in [5.41, 5.74) is 9.49. The van der Waals surface area contributed by atoms with E-state index >= 15 is 0 Å². The van der Waals surface area contributed by atoms with Gasteiger partial charge in [0.25, 0.3) is 0 Å². The van der Waals surface area contributed by atoms with Gasteiger partial charge in [0.15, 0.2) is 0 Å². The molecule has 0 amide bonds. The lowest BCUT2D eigenvalue weighted by Crippen LogP contribution is -2.17. The van der Waals surface area contributed by atoms with Gasteiger partial charge in [0.2, 0.25) is 5.95 Å². The first-order valence-corrected chi connectivity index (χ1v) is 5.39. The quantitative estimate of drug-likeness (QED) is 0.829. The van der Waals surface area contributed by atoms with Gasteiger partial charge in [-0.25, -0.2) is 9.78 Å². The number of imidazole rings is 1. The van der Waals surface area contributed by atoms with Gasteiger partial charge in [0, 0.05) is 0 Å². The minimum absolute atomic E-state index is 0.236. The van der Waals surface area contributed by atoms with Crippen molar-refractivity contribution in [2.45, 2.75) is 26.8 Å². The zero-order chi connectivity index (χ0) is 12.7. The molecule has 5 heteroatoms. The Labute approximate surface area is 98.9 Å². The maximum atomic E-state index is 11.0. The highest BCUT2D eigenvalue weighted by Crippen LogP contribution is 2.25. The molecule has 0 saturated heterocycles. The summed E-state index contributed by atoms with van der Waals surface area (Å²) in [6.07, 6.45) is 0. The summed E-state index contributed by atoms with van der Waals surface area (Å²) in [7, 11) is 0. The highest BCUT2D eigenvalue weighted by atomic mass is 16.4. The van der Waals surface area contributed by atoms with Crippen LogP contribution in [0.4, 0.5) is 5.95 Å². The molecule has 0 spiro atoms. The van der Waals surface area contributed by atoms with Crippen LogP contribution < -0.4 is 5.73 Å². The molecule has 1 aromatic carbocycles. The number of hydrogen-bond donors (Lipinski definition) is 2. The second-order valence-electron chi connectivity index (χ2n) is 4.28. The van der Waals surface area contributed by atoms with Crippen molar-refractivity contribution in [3.05, 3.63) is 23.3 Å². The first kappa shape index (κ1) is 11.4.